The van der Waals surface area contributed by atoms with Gasteiger partial charge in [0.1, 0.15) is 5.02 Å². The Balaban J connectivity index is 2.98. The Labute approximate surface area is 125 Å². The number of aryl methyl sites for hydroxylation is 1. The second-order valence-electron chi connectivity index (χ2n) is 5.27. The largest absolute Gasteiger partial charge is 0.396 e. The Kier molecular flexibility index (Phi) is 6.49. The van der Waals surface area contributed by atoms with E-state index in [1.165, 1.54) is 4.68 Å². The predicted molar refractivity (Wildman–Crippen MR) is 82.4 cm³/mol. The van der Waals surface area contributed by atoms with Crippen LogP contribution < -0.4 is 10.9 Å². The number of aliphatic hydroxyl groups excluding tert-OH is 1. The van der Waals surface area contributed by atoms with Crippen LogP contribution in [-0.2, 0) is 6.54 Å². The molecule has 0 spiro atoms. The van der Waals surface area contributed by atoms with E-state index in [0.717, 1.165) is 19.3 Å². The van der Waals surface area contributed by atoms with Crippen LogP contribution in [0.3, 0.4) is 0 Å². The highest BCUT2D eigenvalue weighted by molar-refractivity contribution is 6.32. The van der Waals surface area contributed by atoms with E-state index < -0.39 is 0 Å². The van der Waals surface area contributed by atoms with Crippen LogP contribution in [0.1, 0.15) is 46.5 Å². The molecule has 1 rings (SSSR count). The summed E-state index contributed by atoms with van der Waals surface area (Å²) in [7, 11) is 0. The van der Waals surface area contributed by atoms with Crippen LogP contribution in [0.2, 0.25) is 5.02 Å². The predicted octanol–water partition coefficient (Wildman–Crippen LogP) is 2.66. The van der Waals surface area contributed by atoms with Gasteiger partial charge in [0, 0.05) is 18.7 Å². The molecule has 0 saturated carbocycles. The molecule has 0 aliphatic rings. The third kappa shape index (κ3) is 4.21. The molecule has 114 valence electrons. The average molecular weight is 302 g/mol. The third-order valence-electron chi connectivity index (χ3n) is 3.59. The van der Waals surface area contributed by atoms with Crippen molar-refractivity contribution < 1.29 is 5.11 Å². The first-order valence-corrected chi connectivity index (χ1v) is 7.50. The van der Waals surface area contributed by atoms with Gasteiger partial charge in [-0.05, 0) is 26.2 Å². The molecule has 1 atom stereocenters. The molecule has 0 radical (unpaired) electrons. The van der Waals surface area contributed by atoms with Gasteiger partial charge < -0.3 is 10.4 Å². The number of hydrogen-bond acceptors (Lipinski definition) is 4. The second kappa shape index (κ2) is 7.64. The van der Waals surface area contributed by atoms with E-state index in [1.807, 2.05) is 13.8 Å². The van der Waals surface area contributed by atoms with Gasteiger partial charge in [-0.15, -0.1) is 0 Å². The molecule has 0 bridgehead atoms. The van der Waals surface area contributed by atoms with Gasteiger partial charge in [0.05, 0.1) is 11.9 Å². The van der Waals surface area contributed by atoms with E-state index in [0.29, 0.717) is 18.7 Å². The first kappa shape index (κ1) is 17.0. The molecule has 20 heavy (non-hydrogen) atoms. The molecule has 5 nitrogen and oxygen atoms in total. The number of aliphatic hydroxyl groups is 1. The van der Waals surface area contributed by atoms with Gasteiger partial charge in [-0.2, -0.15) is 5.10 Å². The van der Waals surface area contributed by atoms with Crippen molar-refractivity contribution in [3.05, 3.63) is 21.6 Å². The zero-order chi connectivity index (χ0) is 15.2. The summed E-state index contributed by atoms with van der Waals surface area (Å²) >= 11 is 6.14. The maximum absolute atomic E-state index is 12.1. The van der Waals surface area contributed by atoms with E-state index in [4.69, 9.17) is 16.7 Å². The summed E-state index contributed by atoms with van der Waals surface area (Å²) in [4.78, 5) is 12.1. The van der Waals surface area contributed by atoms with E-state index in [2.05, 4.69) is 17.3 Å². The average Bonchev–Trinajstić information content (AvgIpc) is 2.43. The SMILES string of the molecule is CCCCn1ncc(NC(C)(CC)CCO)c(Cl)c1=O. The fourth-order valence-electron chi connectivity index (χ4n) is 1.92. The Morgan fingerprint density at radius 3 is 2.75 bits per heavy atom. The molecule has 0 aromatic carbocycles. The van der Waals surface area contributed by atoms with Crippen molar-refractivity contribution in [1.82, 2.24) is 9.78 Å². The van der Waals surface area contributed by atoms with Crippen LogP contribution in [0, 0.1) is 0 Å². The summed E-state index contributed by atoms with van der Waals surface area (Å²) in [6.45, 7) is 6.73. The van der Waals surface area contributed by atoms with Crippen LogP contribution in [0.15, 0.2) is 11.0 Å². The maximum Gasteiger partial charge on any atom is 0.287 e. The normalized spacial score (nSPS) is 14.1. The second-order valence-corrected chi connectivity index (χ2v) is 5.64. The lowest BCUT2D eigenvalue weighted by Crippen LogP contribution is -2.36. The molecule has 1 heterocycles. The fourth-order valence-corrected chi connectivity index (χ4v) is 2.11. The van der Waals surface area contributed by atoms with Crippen LogP contribution in [-0.4, -0.2) is 27.0 Å². The summed E-state index contributed by atoms with van der Waals surface area (Å²) in [5.41, 5.74) is -0.0444. The van der Waals surface area contributed by atoms with Crippen molar-refractivity contribution in [1.29, 1.82) is 0 Å². The minimum atomic E-state index is -0.303. The Bertz CT molecular complexity index is 490. The lowest BCUT2D eigenvalue weighted by atomic mass is 9.94. The van der Waals surface area contributed by atoms with Crippen molar-refractivity contribution in [2.45, 2.75) is 58.5 Å². The standard InChI is InChI=1S/C14H24ClN3O2/c1-4-6-8-18-13(20)12(15)11(10-16-18)17-14(3,5-2)7-9-19/h10,17,19H,4-9H2,1-3H3. The van der Waals surface area contributed by atoms with Crippen LogP contribution in [0.4, 0.5) is 5.69 Å². The van der Waals surface area contributed by atoms with Crippen LogP contribution in [0.25, 0.3) is 0 Å². The zero-order valence-corrected chi connectivity index (χ0v) is 13.2. The minimum absolute atomic E-state index is 0.0793. The van der Waals surface area contributed by atoms with Crippen LogP contribution >= 0.6 is 11.6 Å². The summed E-state index contributed by atoms with van der Waals surface area (Å²) in [5, 5.41) is 16.7. The number of anilines is 1. The fraction of sp³-hybridized carbons (Fsp3) is 0.714. The molecule has 1 aromatic heterocycles. The first-order valence-electron chi connectivity index (χ1n) is 7.12. The third-order valence-corrected chi connectivity index (χ3v) is 3.95. The summed E-state index contributed by atoms with van der Waals surface area (Å²) < 4.78 is 1.40. The Morgan fingerprint density at radius 1 is 1.50 bits per heavy atom. The van der Waals surface area contributed by atoms with E-state index in [1.54, 1.807) is 6.20 Å². The van der Waals surface area contributed by atoms with Crippen molar-refractivity contribution in [2.75, 3.05) is 11.9 Å². The first-order chi connectivity index (χ1) is 9.47. The van der Waals surface area contributed by atoms with Gasteiger partial charge in [-0.3, -0.25) is 4.79 Å². The number of unbranched alkanes of at least 4 members (excludes halogenated alkanes) is 1. The van der Waals surface area contributed by atoms with Gasteiger partial charge in [-0.1, -0.05) is 31.9 Å². The molecule has 1 unspecified atom stereocenters. The van der Waals surface area contributed by atoms with Gasteiger partial charge >= 0.3 is 0 Å². The number of nitrogens with zero attached hydrogens (tertiary/aromatic N) is 2. The maximum atomic E-state index is 12.1. The monoisotopic (exact) mass is 301 g/mol. The van der Waals surface area contributed by atoms with Crippen LogP contribution in [0.5, 0.6) is 0 Å². The minimum Gasteiger partial charge on any atom is -0.396 e. The van der Waals surface area contributed by atoms with Crippen molar-refractivity contribution >= 4 is 17.3 Å². The highest BCUT2D eigenvalue weighted by Crippen LogP contribution is 2.24. The molecular weight excluding hydrogens is 278 g/mol. The highest BCUT2D eigenvalue weighted by atomic mass is 35.5. The summed E-state index contributed by atoms with van der Waals surface area (Å²) in [6.07, 6.45) is 4.87. The molecule has 1 aromatic rings. The van der Waals surface area contributed by atoms with Gasteiger partial charge in [0.25, 0.3) is 5.56 Å². The molecule has 0 fully saturated rings. The van der Waals surface area contributed by atoms with Crippen molar-refractivity contribution in [2.24, 2.45) is 0 Å². The molecule has 0 aliphatic carbocycles. The quantitative estimate of drug-likeness (QED) is 0.774. The molecule has 6 heteroatoms. The molecule has 0 saturated heterocycles. The molecule has 0 aliphatic heterocycles. The lowest BCUT2D eigenvalue weighted by Gasteiger charge is -2.30. The van der Waals surface area contributed by atoms with E-state index in [9.17, 15) is 4.79 Å². The highest BCUT2D eigenvalue weighted by Gasteiger charge is 2.23. The number of halogens is 1. The Morgan fingerprint density at radius 2 is 2.20 bits per heavy atom. The van der Waals surface area contributed by atoms with Gasteiger partial charge in [-0.25, -0.2) is 4.68 Å². The topological polar surface area (TPSA) is 67.2 Å². The van der Waals surface area contributed by atoms with Gasteiger partial charge in [0.2, 0.25) is 0 Å². The number of hydrogen-bond donors (Lipinski definition) is 2. The number of nitrogens with one attached hydrogen (secondary N) is 1. The van der Waals surface area contributed by atoms with Crippen molar-refractivity contribution in [3.8, 4) is 0 Å². The van der Waals surface area contributed by atoms with E-state index in [-0.39, 0.29) is 22.7 Å². The van der Waals surface area contributed by atoms with Crippen molar-refractivity contribution in [3.63, 3.8) is 0 Å². The lowest BCUT2D eigenvalue weighted by molar-refractivity contribution is 0.252. The summed E-state index contributed by atoms with van der Waals surface area (Å²) in [6, 6.07) is 0. The number of rotatable bonds is 8. The van der Waals surface area contributed by atoms with Gasteiger partial charge in [0.15, 0.2) is 0 Å². The molecule has 0 amide bonds. The number of aromatic nitrogens is 2. The summed E-state index contributed by atoms with van der Waals surface area (Å²) in [5.74, 6) is 0. The zero-order valence-electron chi connectivity index (χ0n) is 12.4. The Hall–Kier alpha value is -1.07. The smallest absolute Gasteiger partial charge is 0.287 e. The molecular formula is C14H24ClN3O2. The van der Waals surface area contributed by atoms with E-state index >= 15 is 0 Å². The molecule has 2 N–H and O–H groups in total.